The molecule has 0 spiro atoms. The molecule has 0 fully saturated rings. The smallest absolute Gasteiger partial charge is 0.135 e. The minimum atomic E-state index is 0.882. The number of anilines is 3. The Morgan fingerprint density at radius 1 is 0.364 bits per heavy atom. The monoisotopic (exact) mass is 719 g/mol. The van der Waals surface area contributed by atoms with Crippen LogP contribution in [0.5, 0.6) is 0 Å². The quantitative estimate of drug-likeness (QED) is 0.170. The highest BCUT2D eigenvalue weighted by atomic mass is 32.1. The summed E-state index contributed by atoms with van der Waals surface area (Å²) in [5.74, 6) is 0. The summed E-state index contributed by atoms with van der Waals surface area (Å²) in [6.45, 7) is 0. The molecule has 0 N–H and O–H groups in total. The molecule has 55 heavy (non-hydrogen) atoms. The van der Waals surface area contributed by atoms with Gasteiger partial charge in [-0.2, -0.15) is 0 Å². The van der Waals surface area contributed by atoms with Crippen LogP contribution in [0.25, 0.3) is 86.3 Å². The van der Waals surface area contributed by atoms with E-state index in [1.165, 1.54) is 53.2 Å². The van der Waals surface area contributed by atoms with Crippen LogP contribution in [0.15, 0.2) is 205 Å². The summed E-state index contributed by atoms with van der Waals surface area (Å²) in [7, 11) is 0. The average Bonchev–Trinajstić information content (AvgIpc) is 3.82. The molecule has 2 heterocycles. The second-order valence-electron chi connectivity index (χ2n) is 14.1. The zero-order valence-corrected chi connectivity index (χ0v) is 30.6. The van der Waals surface area contributed by atoms with E-state index in [-0.39, 0.29) is 0 Å². The van der Waals surface area contributed by atoms with Crippen molar-refractivity contribution in [2.24, 2.45) is 0 Å². The van der Waals surface area contributed by atoms with Crippen molar-refractivity contribution in [2.45, 2.75) is 0 Å². The maximum atomic E-state index is 6.28. The second kappa shape index (κ2) is 12.9. The van der Waals surface area contributed by atoms with Crippen molar-refractivity contribution in [1.29, 1.82) is 0 Å². The lowest BCUT2D eigenvalue weighted by Gasteiger charge is -2.28. The molecule has 0 saturated carbocycles. The average molecular weight is 720 g/mol. The van der Waals surface area contributed by atoms with Gasteiger partial charge in [-0.05, 0) is 93.2 Å². The molecule has 0 amide bonds. The van der Waals surface area contributed by atoms with E-state index in [9.17, 15) is 0 Å². The third-order valence-electron chi connectivity index (χ3n) is 10.9. The number of rotatable bonds is 6. The van der Waals surface area contributed by atoms with Crippen LogP contribution < -0.4 is 4.90 Å². The van der Waals surface area contributed by atoms with Crippen molar-refractivity contribution in [3.8, 4) is 33.4 Å². The number of hydrogen-bond donors (Lipinski definition) is 0. The van der Waals surface area contributed by atoms with Crippen LogP contribution in [0.2, 0.25) is 0 Å². The van der Waals surface area contributed by atoms with Gasteiger partial charge < -0.3 is 9.32 Å². The Labute approximate surface area is 322 Å². The van der Waals surface area contributed by atoms with E-state index in [2.05, 4.69) is 193 Å². The molecule has 0 atom stereocenters. The molecule has 0 radical (unpaired) electrons. The fourth-order valence-electron chi connectivity index (χ4n) is 8.29. The second-order valence-corrected chi connectivity index (χ2v) is 15.1. The Morgan fingerprint density at radius 2 is 0.982 bits per heavy atom. The van der Waals surface area contributed by atoms with E-state index in [0.29, 0.717) is 0 Å². The Kier molecular flexibility index (Phi) is 7.39. The Hall–Kier alpha value is -6.94. The van der Waals surface area contributed by atoms with Gasteiger partial charge in [0.25, 0.3) is 0 Å². The summed E-state index contributed by atoms with van der Waals surface area (Å²) >= 11 is 1.87. The van der Waals surface area contributed by atoms with E-state index < -0.39 is 0 Å². The number of hydrogen-bond acceptors (Lipinski definition) is 3. The summed E-state index contributed by atoms with van der Waals surface area (Å²) in [6, 6.07) is 72.3. The number of fused-ring (bicyclic) bond motifs is 7. The number of furan rings is 1. The van der Waals surface area contributed by atoms with Crippen molar-refractivity contribution in [2.75, 3.05) is 4.90 Å². The fraction of sp³-hybridized carbons (Fsp3) is 0. The van der Waals surface area contributed by atoms with Gasteiger partial charge in [-0.1, -0.05) is 146 Å². The summed E-state index contributed by atoms with van der Waals surface area (Å²) in [5, 5.41) is 7.33. The summed E-state index contributed by atoms with van der Waals surface area (Å²) in [4.78, 5) is 2.39. The first-order chi connectivity index (χ1) is 27.3. The molecule has 0 bridgehead atoms. The highest BCUT2D eigenvalue weighted by Gasteiger charge is 2.20. The third-order valence-corrected chi connectivity index (χ3v) is 12.1. The molecule has 0 aliphatic heterocycles. The van der Waals surface area contributed by atoms with Gasteiger partial charge in [0.1, 0.15) is 11.2 Å². The minimum absolute atomic E-state index is 0.882. The SMILES string of the molecule is c1cc(-c2ccccc2N(c2ccc(-c3cccc4c3sc3ccccc34)cc2)c2ccc3oc4ccccc4c3c2)cc(-c2cccc3ccccc23)c1. The van der Waals surface area contributed by atoms with Crippen molar-refractivity contribution in [3.05, 3.63) is 200 Å². The first-order valence-electron chi connectivity index (χ1n) is 18.7. The van der Waals surface area contributed by atoms with Gasteiger partial charge in [-0.15, -0.1) is 11.3 Å². The normalized spacial score (nSPS) is 11.6. The van der Waals surface area contributed by atoms with E-state index >= 15 is 0 Å². The molecule has 0 aliphatic rings. The summed E-state index contributed by atoms with van der Waals surface area (Å²) in [6.07, 6.45) is 0. The van der Waals surface area contributed by atoms with Gasteiger partial charge in [0.2, 0.25) is 0 Å². The van der Waals surface area contributed by atoms with Crippen LogP contribution >= 0.6 is 11.3 Å². The van der Waals surface area contributed by atoms with Crippen LogP contribution in [0.1, 0.15) is 0 Å². The van der Waals surface area contributed by atoms with Crippen LogP contribution in [0.3, 0.4) is 0 Å². The first kappa shape index (κ1) is 31.6. The molecular formula is C52H33NOS. The third kappa shape index (κ3) is 5.32. The number of nitrogens with zero attached hydrogens (tertiary/aromatic N) is 1. The Balaban J connectivity index is 1.08. The van der Waals surface area contributed by atoms with Gasteiger partial charge in [0, 0.05) is 47.9 Å². The van der Waals surface area contributed by atoms with Gasteiger partial charge in [-0.3, -0.25) is 0 Å². The maximum absolute atomic E-state index is 6.28. The Bertz CT molecular complexity index is 3220. The van der Waals surface area contributed by atoms with E-state index in [4.69, 9.17) is 4.42 Å². The lowest BCUT2D eigenvalue weighted by atomic mass is 9.94. The fourth-order valence-corrected chi connectivity index (χ4v) is 9.53. The Morgan fingerprint density at radius 3 is 1.89 bits per heavy atom. The van der Waals surface area contributed by atoms with Crippen molar-refractivity contribution < 1.29 is 4.42 Å². The predicted molar refractivity (Wildman–Crippen MR) is 235 cm³/mol. The van der Waals surface area contributed by atoms with Gasteiger partial charge in [0.05, 0.1) is 5.69 Å². The molecule has 0 saturated heterocycles. The number of para-hydroxylation sites is 2. The molecule has 3 heteroatoms. The van der Waals surface area contributed by atoms with Crippen LogP contribution in [0.4, 0.5) is 17.1 Å². The van der Waals surface area contributed by atoms with Crippen LogP contribution in [-0.2, 0) is 0 Å². The standard InChI is InChI=1S/C52H33NOS/c1-2-16-40-34(12-1)13-10-20-41(40)36-14-9-15-37(32-36)42-17-3-6-23-48(42)53(39-30-31-50-47(33-39)44-18-4-7-24-49(44)54-50)38-28-26-35(27-29-38)43-21-11-22-46-45-19-5-8-25-51(45)55-52(43)46/h1-33H. The highest BCUT2D eigenvalue weighted by molar-refractivity contribution is 7.26. The van der Waals surface area contributed by atoms with Crippen LogP contribution in [-0.4, -0.2) is 0 Å². The topological polar surface area (TPSA) is 16.4 Å². The predicted octanol–water partition coefficient (Wildman–Crippen LogP) is 15.6. The zero-order valence-electron chi connectivity index (χ0n) is 29.8. The molecule has 2 aromatic heterocycles. The molecule has 0 unspecified atom stereocenters. The summed E-state index contributed by atoms with van der Waals surface area (Å²) in [5.41, 5.74) is 12.2. The molecular weight excluding hydrogens is 687 g/mol. The molecule has 11 rings (SSSR count). The summed E-state index contributed by atoms with van der Waals surface area (Å²) < 4.78 is 8.92. The number of thiophene rings is 1. The molecule has 9 aromatic carbocycles. The lowest BCUT2D eigenvalue weighted by molar-refractivity contribution is 0.669. The van der Waals surface area contributed by atoms with Gasteiger partial charge in [0.15, 0.2) is 0 Å². The number of benzene rings is 9. The van der Waals surface area contributed by atoms with Gasteiger partial charge >= 0.3 is 0 Å². The molecule has 11 aromatic rings. The molecule has 2 nitrogen and oxygen atoms in total. The van der Waals surface area contributed by atoms with Crippen molar-refractivity contribution in [1.82, 2.24) is 0 Å². The largest absolute Gasteiger partial charge is 0.456 e. The van der Waals surface area contributed by atoms with E-state index in [1.807, 2.05) is 23.5 Å². The van der Waals surface area contributed by atoms with Crippen LogP contribution in [0, 0.1) is 0 Å². The highest BCUT2D eigenvalue weighted by Crippen LogP contribution is 2.45. The van der Waals surface area contributed by atoms with Gasteiger partial charge in [-0.25, -0.2) is 0 Å². The van der Waals surface area contributed by atoms with Crippen molar-refractivity contribution in [3.63, 3.8) is 0 Å². The first-order valence-corrected chi connectivity index (χ1v) is 19.5. The van der Waals surface area contributed by atoms with Crippen molar-refractivity contribution >= 4 is 81.3 Å². The minimum Gasteiger partial charge on any atom is -0.456 e. The maximum Gasteiger partial charge on any atom is 0.135 e. The van der Waals surface area contributed by atoms with E-state index in [1.54, 1.807) is 0 Å². The zero-order chi connectivity index (χ0) is 36.3. The van der Waals surface area contributed by atoms with E-state index in [0.717, 1.165) is 50.1 Å². The molecule has 258 valence electrons. The molecule has 0 aliphatic carbocycles. The lowest BCUT2D eigenvalue weighted by Crippen LogP contribution is -2.11.